The fourth-order valence-electron chi connectivity index (χ4n) is 1.32. The number of nitrogens with two attached hydrogens (primary N) is 1. The van der Waals surface area contributed by atoms with Gasteiger partial charge in [-0.1, -0.05) is 19.1 Å². The molecule has 0 bridgehead atoms. The SMILES string of the molecule is CCc1ccc(C(C)=O)c(C(N)=O)c1. The molecule has 0 saturated heterocycles. The van der Waals surface area contributed by atoms with E-state index < -0.39 is 5.91 Å². The van der Waals surface area contributed by atoms with Gasteiger partial charge in [0.1, 0.15) is 0 Å². The Morgan fingerprint density at radius 2 is 1.93 bits per heavy atom. The molecule has 1 aromatic rings. The Hall–Kier alpha value is -1.64. The monoisotopic (exact) mass is 191 g/mol. The van der Waals surface area contributed by atoms with E-state index in [2.05, 4.69) is 0 Å². The van der Waals surface area contributed by atoms with Gasteiger partial charge in [0.2, 0.25) is 5.91 Å². The summed E-state index contributed by atoms with van der Waals surface area (Å²) in [4.78, 5) is 22.2. The summed E-state index contributed by atoms with van der Waals surface area (Å²) in [7, 11) is 0. The predicted molar refractivity (Wildman–Crippen MR) is 54.3 cm³/mol. The highest BCUT2D eigenvalue weighted by Crippen LogP contribution is 2.12. The van der Waals surface area contributed by atoms with E-state index >= 15 is 0 Å². The topological polar surface area (TPSA) is 60.2 Å². The van der Waals surface area contributed by atoms with Crippen molar-refractivity contribution in [1.29, 1.82) is 0 Å². The second kappa shape index (κ2) is 4.05. The summed E-state index contributed by atoms with van der Waals surface area (Å²) in [5.41, 5.74) is 6.90. The number of primary amides is 1. The zero-order chi connectivity index (χ0) is 10.7. The van der Waals surface area contributed by atoms with Crippen molar-refractivity contribution in [2.45, 2.75) is 20.3 Å². The van der Waals surface area contributed by atoms with Gasteiger partial charge in [-0.3, -0.25) is 9.59 Å². The van der Waals surface area contributed by atoms with Crippen LogP contribution in [0.2, 0.25) is 0 Å². The van der Waals surface area contributed by atoms with Crippen LogP contribution in [-0.4, -0.2) is 11.7 Å². The number of Topliss-reactive ketones (excluding diaryl/α,β-unsaturated/α-hetero) is 1. The predicted octanol–water partition coefficient (Wildman–Crippen LogP) is 1.55. The molecule has 3 heteroatoms. The van der Waals surface area contributed by atoms with Crippen molar-refractivity contribution in [1.82, 2.24) is 0 Å². The maximum absolute atomic E-state index is 11.2. The van der Waals surface area contributed by atoms with Crippen LogP contribution in [0.4, 0.5) is 0 Å². The highest BCUT2D eigenvalue weighted by molar-refractivity contribution is 6.06. The van der Waals surface area contributed by atoms with Gasteiger partial charge in [0.25, 0.3) is 0 Å². The van der Waals surface area contributed by atoms with Crippen LogP contribution in [-0.2, 0) is 6.42 Å². The van der Waals surface area contributed by atoms with Crippen molar-refractivity contribution in [2.75, 3.05) is 0 Å². The van der Waals surface area contributed by atoms with Gasteiger partial charge in [-0.25, -0.2) is 0 Å². The molecule has 0 heterocycles. The Morgan fingerprint density at radius 3 is 2.36 bits per heavy atom. The zero-order valence-electron chi connectivity index (χ0n) is 8.33. The molecule has 0 aliphatic rings. The molecule has 1 amide bonds. The summed E-state index contributed by atoms with van der Waals surface area (Å²) >= 11 is 0. The van der Waals surface area contributed by atoms with Gasteiger partial charge in [-0.15, -0.1) is 0 Å². The molecule has 0 unspecified atom stereocenters. The van der Waals surface area contributed by atoms with E-state index in [-0.39, 0.29) is 5.78 Å². The largest absolute Gasteiger partial charge is 0.366 e. The normalized spacial score (nSPS) is 9.86. The number of rotatable bonds is 3. The number of carbonyl (C=O) groups is 2. The first-order valence-corrected chi connectivity index (χ1v) is 4.50. The van der Waals surface area contributed by atoms with Crippen LogP contribution >= 0.6 is 0 Å². The average molecular weight is 191 g/mol. The number of aryl methyl sites for hydroxylation is 1. The van der Waals surface area contributed by atoms with E-state index in [9.17, 15) is 9.59 Å². The lowest BCUT2D eigenvalue weighted by atomic mass is 10.00. The van der Waals surface area contributed by atoms with E-state index in [1.54, 1.807) is 12.1 Å². The Morgan fingerprint density at radius 1 is 1.29 bits per heavy atom. The Balaban J connectivity index is 3.31. The number of hydrogen-bond donors (Lipinski definition) is 1. The molecule has 3 nitrogen and oxygen atoms in total. The molecule has 2 N–H and O–H groups in total. The highest BCUT2D eigenvalue weighted by Gasteiger charge is 2.11. The van der Waals surface area contributed by atoms with Crippen LogP contribution < -0.4 is 5.73 Å². The van der Waals surface area contributed by atoms with Gasteiger partial charge in [0, 0.05) is 5.56 Å². The number of benzene rings is 1. The molecule has 14 heavy (non-hydrogen) atoms. The fourth-order valence-corrected chi connectivity index (χ4v) is 1.32. The molecular formula is C11H13NO2. The van der Waals surface area contributed by atoms with Gasteiger partial charge in [0.05, 0.1) is 5.56 Å². The first-order chi connectivity index (χ1) is 6.56. The van der Waals surface area contributed by atoms with E-state index in [0.717, 1.165) is 12.0 Å². The minimum absolute atomic E-state index is 0.138. The van der Waals surface area contributed by atoms with Crippen LogP contribution in [0, 0.1) is 0 Å². The number of amides is 1. The molecular weight excluding hydrogens is 178 g/mol. The fraction of sp³-hybridized carbons (Fsp3) is 0.273. The van der Waals surface area contributed by atoms with Gasteiger partial charge >= 0.3 is 0 Å². The number of hydrogen-bond acceptors (Lipinski definition) is 2. The van der Waals surface area contributed by atoms with E-state index in [4.69, 9.17) is 5.73 Å². The van der Waals surface area contributed by atoms with Crippen molar-refractivity contribution < 1.29 is 9.59 Å². The summed E-state index contributed by atoms with van der Waals surface area (Å²) in [6.45, 7) is 3.40. The molecule has 0 spiro atoms. The van der Waals surface area contributed by atoms with E-state index in [1.165, 1.54) is 6.92 Å². The Labute approximate surface area is 82.9 Å². The lowest BCUT2D eigenvalue weighted by Crippen LogP contribution is -2.15. The molecule has 0 aromatic heterocycles. The molecule has 0 saturated carbocycles. The smallest absolute Gasteiger partial charge is 0.249 e. The van der Waals surface area contributed by atoms with Crippen molar-refractivity contribution in [2.24, 2.45) is 5.73 Å². The van der Waals surface area contributed by atoms with Gasteiger partial charge in [-0.2, -0.15) is 0 Å². The minimum Gasteiger partial charge on any atom is -0.366 e. The standard InChI is InChI=1S/C11H13NO2/c1-3-8-4-5-9(7(2)13)10(6-8)11(12)14/h4-6H,3H2,1-2H3,(H2,12,14). The summed E-state index contributed by atoms with van der Waals surface area (Å²) in [5.74, 6) is -0.688. The van der Waals surface area contributed by atoms with Gasteiger partial charge < -0.3 is 5.73 Å². The molecule has 1 aromatic carbocycles. The molecule has 0 aliphatic heterocycles. The van der Waals surface area contributed by atoms with Crippen LogP contribution in [0.1, 0.15) is 40.1 Å². The average Bonchev–Trinajstić information content (AvgIpc) is 2.16. The lowest BCUT2D eigenvalue weighted by molar-refractivity contribution is 0.0973. The maximum Gasteiger partial charge on any atom is 0.249 e. The second-order valence-electron chi connectivity index (χ2n) is 3.15. The van der Waals surface area contributed by atoms with Crippen LogP contribution in [0.5, 0.6) is 0 Å². The minimum atomic E-state index is -0.550. The molecule has 0 atom stereocenters. The lowest BCUT2D eigenvalue weighted by Gasteiger charge is -2.05. The zero-order valence-corrected chi connectivity index (χ0v) is 8.33. The van der Waals surface area contributed by atoms with Crippen molar-refractivity contribution in [3.63, 3.8) is 0 Å². The van der Waals surface area contributed by atoms with Crippen LogP contribution in [0.3, 0.4) is 0 Å². The van der Waals surface area contributed by atoms with Crippen LogP contribution in [0.15, 0.2) is 18.2 Å². The van der Waals surface area contributed by atoms with E-state index in [0.29, 0.717) is 11.1 Å². The van der Waals surface area contributed by atoms with Crippen molar-refractivity contribution >= 4 is 11.7 Å². The quantitative estimate of drug-likeness (QED) is 0.737. The van der Waals surface area contributed by atoms with Gasteiger partial charge in [0.15, 0.2) is 5.78 Å². The summed E-state index contributed by atoms with van der Waals surface area (Å²) in [6.07, 6.45) is 0.818. The molecule has 0 radical (unpaired) electrons. The third-order valence-corrected chi connectivity index (χ3v) is 2.14. The first-order valence-electron chi connectivity index (χ1n) is 4.50. The van der Waals surface area contributed by atoms with Crippen molar-refractivity contribution in [3.05, 3.63) is 34.9 Å². The Kier molecular flexibility index (Phi) is 3.02. The summed E-state index contributed by atoms with van der Waals surface area (Å²) in [6, 6.07) is 5.17. The summed E-state index contributed by atoms with van der Waals surface area (Å²) in [5, 5.41) is 0. The van der Waals surface area contributed by atoms with E-state index in [1.807, 2.05) is 13.0 Å². The number of ketones is 1. The second-order valence-corrected chi connectivity index (χ2v) is 3.15. The third-order valence-electron chi connectivity index (χ3n) is 2.14. The number of carbonyl (C=O) groups excluding carboxylic acids is 2. The molecule has 0 aliphatic carbocycles. The Bertz CT molecular complexity index is 383. The van der Waals surface area contributed by atoms with Crippen LogP contribution in [0.25, 0.3) is 0 Å². The van der Waals surface area contributed by atoms with Crippen molar-refractivity contribution in [3.8, 4) is 0 Å². The molecule has 0 fully saturated rings. The first kappa shape index (κ1) is 10.4. The van der Waals surface area contributed by atoms with Gasteiger partial charge in [-0.05, 0) is 25.0 Å². The maximum atomic E-state index is 11.2. The highest BCUT2D eigenvalue weighted by atomic mass is 16.1. The summed E-state index contributed by atoms with van der Waals surface area (Å²) < 4.78 is 0. The third kappa shape index (κ3) is 1.99. The molecule has 1 rings (SSSR count). The molecule has 74 valence electrons.